The molecule has 1 aliphatic rings. The Morgan fingerprint density at radius 2 is 1.70 bits per heavy atom. The van der Waals surface area contributed by atoms with Gasteiger partial charge in [-0.25, -0.2) is 13.2 Å². The maximum atomic E-state index is 11.9. The van der Waals surface area contributed by atoms with Crippen LogP contribution in [0, 0.1) is 0 Å². The molecule has 0 N–H and O–H groups in total. The van der Waals surface area contributed by atoms with Crippen LogP contribution in [0.3, 0.4) is 0 Å². The highest BCUT2D eigenvalue weighted by Gasteiger charge is 2.43. The van der Waals surface area contributed by atoms with Gasteiger partial charge in [0.1, 0.15) is 0 Å². The molecule has 0 aromatic carbocycles. The van der Waals surface area contributed by atoms with Crippen LogP contribution in [0.4, 0.5) is 17.7 Å². The fourth-order valence-electron chi connectivity index (χ4n) is 0.695. The SMILES string of the molecule is Cl.FC1CN(F)C(F)C1F. The molecule has 1 nitrogen and oxygen atoms in total. The van der Waals surface area contributed by atoms with Crippen molar-refractivity contribution in [3.63, 3.8) is 0 Å². The van der Waals surface area contributed by atoms with Crippen molar-refractivity contribution in [1.29, 1.82) is 0 Å². The fraction of sp³-hybridized carbons (Fsp3) is 1.00. The minimum absolute atomic E-state index is 0. The van der Waals surface area contributed by atoms with E-state index in [9.17, 15) is 17.7 Å². The van der Waals surface area contributed by atoms with Crippen LogP contribution in [-0.4, -0.2) is 30.3 Å². The number of alkyl halides is 3. The van der Waals surface area contributed by atoms with Crippen molar-refractivity contribution < 1.29 is 17.7 Å². The smallest absolute Gasteiger partial charge is 0.214 e. The van der Waals surface area contributed by atoms with E-state index in [2.05, 4.69) is 0 Å². The summed E-state index contributed by atoms with van der Waals surface area (Å²) in [5.74, 6) is 0. The molecule has 1 rings (SSSR count). The van der Waals surface area contributed by atoms with Crippen LogP contribution in [0.25, 0.3) is 0 Å². The molecule has 10 heavy (non-hydrogen) atoms. The van der Waals surface area contributed by atoms with Gasteiger partial charge in [0, 0.05) is 0 Å². The fourth-order valence-corrected chi connectivity index (χ4v) is 0.695. The largest absolute Gasteiger partial charge is 0.243 e. The molecule has 0 saturated carbocycles. The van der Waals surface area contributed by atoms with Crippen molar-refractivity contribution in [3.8, 4) is 0 Å². The first-order chi connectivity index (χ1) is 4.13. The van der Waals surface area contributed by atoms with Gasteiger partial charge in [0.05, 0.1) is 6.54 Å². The third-order valence-electron chi connectivity index (χ3n) is 1.22. The second-order valence-electron chi connectivity index (χ2n) is 1.92. The summed E-state index contributed by atoms with van der Waals surface area (Å²) in [4.78, 5) is 0. The molecule has 62 valence electrons. The standard InChI is InChI=1S/C4H5F4N.ClH/c5-2-1-9(8)4(7)3(2)6;/h2-4H,1H2;1H. The van der Waals surface area contributed by atoms with Crippen molar-refractivity contribution >= 4 is 12.4 Å². The van der Waals surface area contributed by atoms with Gasteiger partial charge in [-0.1, -0.05) is 0 Å². The number of hydrogen-bond donors (Lipinski definition) is 0. The second-order valence-corrected chi connectivity index (χ2v) is 1.92. The Morgan fingerprint density at radius 3 is 1.80 bits per heavy atom. The average Bonchev–Trinajstić information content (AvgIpc) is 1.98. The summed E-state index contributed by atoms with van der Waals surface area (Å²) in [6.07, 6.45) is -6.76. The average molecular weight is 180 g/mol. The van der Waals surface area contributed by atoms with Gasteiger partial charge < -0.3 is 0 Å². The van der Waals surface area contributed by atoms with Crippen molar-refractivity contribution in [2.45, 2.75) is 18.6 Å². The van der Waals surface area contributed by atoms with Crippen molar-refractivity contribution in [2.75, 3.05) is 6.54 Å². The Kier molecular flexibility index (Phi) is 3.38. The van der Waals surface area contributed by atoms with Gasteiger partial charge in [0.15, 0.2) is 12.3 Å². The molecule has 0 amide bonds. The third-order valence-corrected chi connectivity index (χ3v) is 1.22. The second kappa shape index (κ2) is 3.39. The molecule has 0 aromatic heterocycles. The lowest BCUT2D eigenvalue weighted by molar-refractivity contribution is -0.0652. The quantitative estimate of drug-likeness (QED) is 0.310. The first-order valence-electron chi connectivity index (χ1n) is 2.47. The van der Waals surface area contributed by atoms with Crippen molar-refractivity contribution in [3.05, 3.63) is 0 Å². The summed E-state index contributed by atoms with van der Waals surface area (Å²) >= 11 is 0. The Balaban J connectivity index is 0.000000810. The zero-order valence-electron chi connectivity index (χ0n) is 4.81. The third kappa shape index (κ3) is 1.52. The van der Waals surface area contributed by atoms with Gasteiger partial charge in [0.25, 0.3) is 0 Å². The lowest BCUT2D eigenvalue weighted by Crippen LogP contribution is -2.22. The summed E-state index contributed by atoms with van der Waals surface area (Å²) in [5, 5.41) is -0.477. The molecule has 0 radical (unpaired) electrons. The number of halogens is 5. The maximum absolute atomic E-state index is 11.9. The summed E-state index contributed by atoms with van der Waals surface area (Å²) in [7, 11) is 0. The van der Waals surface area contributed by atoms with Crippen LogP contribution >= 0.6 is 12.4 Å². The van der Waals surface area contributed by atoms with Crippen LogP contribution in [0.1, 0.15) is 0 Å². The van der Waals surface area contributed by atoms with E-state index in [0.29, 0.717) is 0 Å². The van der Waals surface area contributed by atoms with Crippen LogP contribution in [0.2, 0.25) is 0 Å². The van der Waals surface area contributed by atoms with Crippen molar-refractivity contribution in [1.82, 2.24) is 5.12 Å². The van der Waals surface area contributed by atoms with Gasteiger partial charge in [-0.3, -0.25) is 0 Å². The lowest BCUT2D eigenvalue weighted by atomic mass is 10.3. The molecule has 1 aliphatic heterocycles. The summed E-state index contributed by atoms with van der Waals surface area (Å²) in [6.45, 7) is -0.803. The molecular weight excluding hydrogens is 173 g/mol. The molecule has 0 bridgehead atoms. The molecule has 0 spiro atoms. The minimum Gasteiger partial charge on any atom is -0.243 e. The van der Waals surface area contributed by atoms with Crippen LogP contribution in [-0.2, 0) is 0 Å². The van der Waals surface area contributed by atoms with E-state index in [1.165, 1.54) is 0 Å². The molecule has 1 saturated heterocycles. The van der Waals surface area contributed by atoms with E-state index in [4.69, 9.17) is 0 Å². The first kappa shape index (κ1) is 9.97. The van der Waals surface area contributed by atoms with Gasteiger partial charge in [-0.2, -0.15) is 0 Å². The molecule has 0 aliphatic carbocycles. The minimum atomic E-state index is -2.42. The Hall–Kier alpha value is -0.0300. The molecule has 6 heteroatoms. The van der Waals surface area contributed by atoms with Crippen molar-refractivity contribution in [2.24, 2.45) is 0 Å². The topological polar surface area (TPSA) is 3.24 Å². The predicted molar refractivity (Wildman–Crippen MR) is 29.7 cm³/mol. The van der Waals surface area contributed by atoms with Crippen LogP contribution < -0.4 is 0 Å². The number of hydrogen-bond acceptors (Lipinski definition) is 1. The summed E-state index contributed by atoms with van der Waals surface area (Å²) in [5.41, 5.74) is 0. The zero-order chi connectivity index (χ0) is 7.02. The Bertz CT molecular complexity index is 101. The predicted octanol–water partition coefficient (Wildman–Crippen LogP) is 1.58. The molecule has 1 heterocycles. The molecule has 0 aromatic rings. The van der Waals surface area contributed by atoms with Gasteiger partial charge in [-0.15, -0.1) is 22.0 Å². The highest BCUT2D eigenvalue weighted by Crippen LogP contribution is 2.24. The molecule has 1 fully saturated rings. The number of rotatable bonds is 0. The summed E-state index contributed by atoms with van der Waals surface area (Å²) in [6, 6.07) is 0. The van der Waals surface area contributed by atoms with E-state index < -0.39 is 30.3 Å². The van der Waals surface area contributed by atoms with E-state index in [-0.39, 0.29) is 12.4 Å². The lowest BCUT2D eigenvalue weighted by Gasteiger charge is -2.04. The molecule has 3 unspecified atom stereocenters. The van der Waals surface area contributed by atoms with E-state index in [0.717, 1.165) is 0 Å². The van der Waals surface area contributed by atoms with E-state index >= 15 is 0 Å². The summed E-state index contributed by atoms with van der Waals surface area (Å²) < 4.78 is 47.5. The maximum Gasteiger partial charge on any atom is 0.214 e. The van der Waals surface area contributed by atoms with Gasteiger partial charge in [-0.05, 0) is 0 Å². The van der Waals surface area contributed by atoms with E-state index in [1.54, 1.807) is 0 Å². The van der Waals surface area contributed by atoms with Gasteiger partial charge in [0.2, 0.25) is 6.30 Å². The highest BCUT2D eigenvalue weighted by atomic mass is 35.5. The molecule has 3 atom stereocenters. The first-order valence-corrected chi connectivity index (χ1v) is 2.47. The number of nitrogens with zero attached hydrogens (tertiary/aromatic N) is 1. The monoisotopic (exact) mass is 179 g/mol. The normalized spacial score (nSPS) is 41.4. The highest BCUT2D eigenvalue weighted by molar-refractivity contribution is 5.85. The Morgan fingerprint density at radius 1 is 1.20 bits per heavy atom. The van der Waals surface area contributed by atoms with E-state index in [1.807, 2.05) is 0 Å². The van der Waals surface area contributed by atoms with Gasteiger partial charge >= 0.3 is 0 Å². The Labute approximate surface area is 61.3 Å². The van der Waals surface area contributed by atoms with Crippen LogP contribution in [0.5, 0.6) is 0 Å². The molecular formula is C4H6ClF4N. The van der Waals surface area contributed by atoms with Crippen LogP contribution in [0.15, 0.2) is 0 Å². The zero-order valence-corrected chi connectivity index (χ0v) is 5.62.